The van der Waals surface area contributed by atoms with Crippen LogP contribution in [-0.4, -0.2) is 39.2 Å². The van der Waals surface area contributed by atoms with Crippen molar-refractivity contribution in [2.75, 3.05) is 10.2 Å². The Morgan fingerprint density at radius 1 is 0.455 bits per heavy atom. The van der Waals surface area contributed by atoms with Gasteiger partial charge in [-0.3, -0.25) is 0 Å². The van der Waals surface area contributed by atoms with Gasteiger partial charge in [0.1, 0.15) is 39.2 Å². The monoisotopic (exact) mass is 578 g/mol. The average molecular weight is 578 g/mol. The number of rotatable bonds is 6. The summed E-state index contributed by atoms with van der Waals surface area (Å²) in [6.45, 7) is 0. The molecule has 0 bridgehead atoms. The Labute approximate surface area is 268 Å². The lowest BCUT2D eigenvalue weighted by Crippen LogP contribution is -2.55. The molecule has 0 spiro atoms. The Morgan fingerprint density at radius 2 is 1.02 bits per heavy atom. The minimum Gasteiger partial charge on any atom is -0.356 e. The molecule has 8 heteroatoms. The molecule has 6 aromatic carbocycles. The topological polar surface area (TPSA) is 15.3 Å². The van der Waals surface area contributed by atoms with Gasteiger partial charge < -0.3 is 10.2 Å². The first-order chi connectivity index (χ1) is 21.4. The lowest BCUT2D eigenvalue weighted by atomic mass is 9.61. The van der Waals surface area contributed by atoms with E-state index in [2.05, 4.69) is 171 Å². The van der Waals surface area contributed by atoms with Crippen molar-refractivity contribution in [3.63, 3.8) is 0 Å². The van der Waals surface area contributed by atoms with E-state index in [1.54, 1.807) is 0 Å². The standard InChI is InChI=1S/C36H31B5N2S/c37-31-32(38)34(40)36(35(41)33(31)39)42-23-13-18-29-28(19-23)27-17-16-26(20-30(27)44-29)43(24-9-5-2-6-10-24)25-14-11-22(12-15-25)21-7-3-1-4-8-21/h1-20,42H,37-41H2. The van der Waals surface area contributed by atoms with Gasteiger partial charge in [-0.15, -0.1) is 16.8 Å². The van der Waals surface area contributed by atoms with Gasteiger partial charge in [0.2, 0.25) is 0 Å². The van der Waals surface area contributed by atoms with Gasteiger partial charge in [0.25, 0.3) is 0 Å². The fourth-order valence-corrected chi connectivity index (χ4v) is 7.39. The van der Waals surface area contributed by atoms with Gasteiger partial charge in [0.15, 0.2) is 0 Å². The van der Waals surface area contributed by atoms with Crippen LogP contribution in [0.3, 0.4) is 0 Å². The molecule has 0 aliphatic rings. The highest BCUT2D eigenvalue weighted by molar-refractivity contribution is 7.25. The fraction of sp³-hybridized carbons (Fsp3) is 0. The van der Waals surface area contributed by atoms with Crippen LogP contribution in [0.1, 0.15) is 0 Å². The zero-order chi connectivity index (χ0) is 30.4. The van der Waals surface area contributed by atoms with E-state index in [9.17, 15) is 0 Å². The van der Waals surface area contributed by atoms with E-state index in [0.717, 1.165) is 22.7 Å². The number of benzene rings is 6. The number of fused-ring (bicyclic) bond motifs is 3. The maximum atomic E-state index is 3.78. The summed E-state index contributed by atoms with van der Waals surface area (Å²) in [5.74, 6) is 0. The minimum atomic E-state index is 1.12. The maximum absolute atomic E-state index is 3.78. The SMILES string of the molecule is Bc1c(B)c(B)c(Nc2ccc3sc4cc(N(c5ccccc5)c5ccc(-c6ccccc6)cc5)ccc4c3c2)c(B)c1B. The van der Waals surface area contributed by atoms with Crippen molar-refractivity contribution in [1.29, 1.82) is 0 Å². The molecule has 7 aromatic rings. The van der Waals surface area contributed by atoms with E-state index >= 15 is 0 Å². The van der Waals surface area contributed by atoms with Gasteiger partial charge in [0, 0.05) is 48.6 Å². The van der Waals surface area contributed by atoms with Crippen molar-refractivity contribution in [2.45, 2.75) is 0 Å². The smallest absolute Gasteiger partial charge is 0.141 e. The molecule has 0 amide bonds. The van der Waals surface area contributed by atoms with Gasteiger partial charge in [-0.1, -0.05) is 88.6 Å². The highest BCUT2D eigenvalue weighted by Crippen LogP contribution is 2.41. The summed E-state index contributed by atoms with van der Waals surface area (Å²) in [5, 5.41) is 6.36. The number of para-hydroxylation sites is 1. The Balaban J connectivity index is 1.28. The number of anilines is 5. The van der Waals surface area contributed by atoms with E-state index in [4.69, 9.17) is 0 Å². The molecule has 0 unspecified atom stereocenters. The fourth-order valence-electron chi connectivity index (χ4n) is 6.27. The average Bonchev–Trinajstić information content (AvgIpc) is 3.43. The zero-order valence-corrected chi connectivity index (χ0v) is 26.7. The predicted octanol–water partition coefficient (Wildman–Crippen LogP) is 2.23. The van der Waals surface area contributed by atoms with E-state index in [1.165, 1.54) is 64.3 Å². The summed E-state index contributed by atoms with van der Waals surface area (Å²) in [4.78, 5) is 2.35. The molecule has 0 saturated heterocycles. The van der Waals surface area contributed by atoms with Crippen molar-refractivity contribution in [3.8, 4) is 11.1 Å². The van der Waals surface area contributed by atoms with Crippen molar-refractivity contribution in [3.05, 3.63) is 121 Å². The van der Waals surface area contributed by atoms with Gasteiger partial charge in [0.05, 0.1) is 0 Å². The number of thiophene rings is 1. The molecule has 1 N–H and O–H groups in total. The minimum absolute atomic E-state index is 1.12. The molecule has 0 saturated carbocycles. The lowest BCUT2D eigenvalue weighted by Gasteiger charge is -2.25. The van der Waals surface area contributed by atoms with Gasteiger partial charge in [-0.05, 0) is 65.7 Å². The van der Waals surface area contributed by atoms with Crippen molar-refractivity contribution in [1.82, 2.24) is 0 Å². The summed E-state index contributed by atoms with van der Waals surface area (Å²) in [6.07, 6.45) is 0. The first-order valence-corrected chi connectivity index (χ1v) is 16.0. The van der Waals surface area contributed by atoms with E-state index < -0.39 is 0 Å². The van der Waals surface area contributed by atoms with Crippen LogP contribution in [-0.2, 0) is 0 Å². The Kier molecular flexibility index (Phi) is 7.39. The molecule has 0 aliphatic heterocycles. The Hall–Kier alpha value is -4.54. The van der Waals surface area contributed by atoms with Crippen LogP contribution in [0.25, 0.3) is 31.3 Å². The van der Waals surface area contributed by atoms with Crippen LogP contribution in [0.2, 0.25) is 0 Å². The van der Waals surface area contributed by atoms with Crippen LogP contribution >= 0.6 is 11.3 Å². The number of nitrogens with zero attached hydrogens (tertiary/aromatic N) is 1. The lowest BCUT2D eigenvalue weighted by molar-refractivity contribution is 1.29. The highest BCUT2D eigenvalue weighted by Gasteiger charge is 2.16. The van der Waals surface area contributed by atoms with Crippen molar-refractivity contribution in [2.24, 2.45) is 0 Å². The van der Waals surface area contributed by atoms with E-state index in [1.807, 2.05) is 11.3 Å². The van der Waals surface area contributed by atoms with E-state index in [0.29, 0.717) is 0 Å². The van der Waals surface area contributed by atoms with Crippen LogP contribution in [0.5, 0.6) is 0 Å². The second-order valence-corrected chi connectivity index (χ2v) is 12.8. The normalized spacial score (nSPS) is 11.2. The maximum Gasteiger partial charge on any atom is 0.141 e. The number of hydrogen-bond donors (Lipinski definition) is 1. The molecular formula is C36H31B5N2S. The third-order valence-electron chi connectivity index (χ3n) is 9.23. The summed E-state index contributed by atoms with van der Waals surface area (Å²) in [5.41, 5.74) is 15.0. The molecule has 1 aromatic heterocycles. The molecule has 44 heavy (non-hydrogen) atoms. The number of hydrogen-bond acceptors (Lipinski definition) is 3. The first kappa shape index (κ1) is 28.2. The van der Waals surface area contributed by atoms with Crippen LogP contribution in [0.15, 0.2) is 121 Å². The van der Waals surface area contributed by atoms with Crippen LogP contribution < -0.4 is 37.5 Å². The molecule has 206 valence electrons. The summed E-state index contributed by atoms with van der Waals surface area (Å²) >= 11 is 1.86. The van der Waals surface area contributed by atoms with Gasteiger partial charge in [-0.25, -0.2) is 0 Å². The van der Waals surface area contributed by atoms with Gasteiger partial charge >= 0.3 is 0 Å². The number of nitrogens with one attached hydrogen (secondary N) is 1. The third-order valence-corrected chi connectivity index (χ3v) is 10.4. The zero-order valence-electron chi connectivity index (χ0n) is 25.9. The van der Waals surface area contributed by atoms with Crippen molar-refractivity contribution >= 4 is 126 Å². The predicted molar refractivity (Wildman–Crippen MR) is 210 cm³/mol. The molecule has 7 rings (SSSR count). The van der Waals surface area contributed by atoms with E-state index in [-0.39, 0.29) is 0 Å². The second kappa shape index (κ2) is 11.5. The van der Waals surface area contributed by atoms with Crippen molar-refractivity contribution < 1.29 is 0 Å². The van der Waals surface area contributed by atoms with Gasteiger partial charge in [-0.2, -0.15) is 0 Å². The second-order valence-electron chi connectivity index (χ2n) is 11.7. The first-order valence-electron chi connectivity index (χ1n) is 15.2. The van der Waals surface area contributed by atoms with Crippen LogP contribution in [0.4, 0.5) is 28.4 Å². The molecule has 1 heterocycles. The highest BCUT2D eigenvalue weighted by atomic mass is 32.1. The summed E-state index contributed by atoms with van der Waals surface area (Å²) in [6, 6.07) is 43.7. The Bertz CT molecular complexity index is 2120. The van der Waals surface area contributed by atoms with Crippen LogP contribution in [0, 0.1) is 0 Å². The summed E-state index contributed by atoms with van der Waals surface area (Å²) < 4.78 is 2.58. The summed E-state index contributed by atoms with van der Waals surface area (Å²) in [7, 11) is 11.1. The molecular weight excluding hydrogens is 547 g/mol. The molecule has 0 aliphatic carbocycles. The third kappa shape index (κ3) is 5.04. The molecule has 0 radical (unpaired) electrons. The molecule has 0 fully saturated rings. The quantitative estimate of drug-likeness (QED) is 0.305. The molecule has 2 nitrogen and oxygen atoms in total. The largest absolute Gasteiger partial charge is 0.356 e. The Morgan fingerprint density at radius 3 is 1.70 bits per heavy atom. The molecule has 0 atom stereocenters.